The molecule has 0 bridgehead atoms. The van der Waals surface area contributed by atoms with Gasteiger partial charge in [0.1, 0.15) is 17.0 Å². The molecule has 0 radical (unpaired) electrons. The predicted octanol–water partition coefficient (Wildman–Crippen LogP) is 8.46. The van der Waals surface area contributed by atoms with Gasteiger partial charge in [-0.15, -0.1) is 0 Å². The van der Waals surface area contributed by atoms with Crippen LogP contribution in [0.3, 0.4) is 0 Å². The van der Waals surface area contributed by atoms with Gasteiger partial charge in [0.05, 0.1) is 54.7 Å². The summed E-state index contributed by atoms with van der Waals surface area (Å²) in [4.78, 5) is 28.9. The van der Waals surface area contributed by atoms with E-state index in [1.807, 2.05) is 80.4 Å². The second-order valence-corrected chi connectivity index (χ2v) is 16.4. The Morgan fingerprint density at radius 3 is 2.31 bits per heavy atom. The molecule has 0 saturated heterocycles. The van der Waals surface area contributed by atoms with Crippen molar-refractivity contribution in [3.05, 3.63) is 89.5 Å². The number of ether oxygens (including phenoxy) is 2. The van der Waals surface area contributed by atoms with Gasteiger partial charge in [0.2, 0.25) is 0 Å². The lowest BCUT2D eigenvalue weighted by molar-refractivity contribution is -0.143. The molecule has 3 heterocycles. The lowest BCUT2D eigenvalue weighted by Crippen LogP contribution is -2.37. The first kappa shape index (κ1) is 41.9. The third-order valence-corrected chi connectivity index (χ3v) is 12.7. The van der Waals surface area contributed by atoms with E-state index in [0.29, 0.717) is 54.2 Å². The number of carbonyl (C=O) groups is 1. The number of nitrogens with one attached hydrogen (secondary N) is 1. The SMILES string of the molecule is COc1cc(-n2ncc3c(-c4cccc(Nc5nc(C(F)F)nc6cc(CN(C)C7CCC(C(=O)O)CC7)cnc56)c4C)cccc32)cc(OC)c1CN(C)[C@@H]1CCC[C@@H]1O. The van der Waals surface area contributed by atoms with E-state index >= 15 is 0 Å². The maximum absolute atomic E-state index is 14.3. The van der Waals surface area contributed by atoms with E-state index in [-0.39, 0.29) is 29.9 Å². The zero-order chi connectivity index (χ0) is 42.9. The molecule has 2 atom stereocenters. The topological polar surface area (TPSA) is 151 Å². The van der Waals surface area contributed by atoms with Crippen molar-refractivity contribution in [2.75, 3.05) is 33.6 Å². The first-order chi connectivity index (χ1) is 29.4. The zero-order valence-electron chi connectivity index (χ0n) is 35.1. The van der Waals surface area contributed by atoms with Crippen LogP contribution in [0.25, 0.3) is 38.8 Å². The van der Waals surface area contributed by atoms with Crippen molar-refractivity contribution in [1.29, 1.82) is 0 Å². The molecule has 320 valence electrons. The fourth-order valence-corrected chi connectivity index (χ4v) is 9.26. The number of aliphatic hydroxyl groups is 1. The number of aliphatic hydroxyl groups excluding tert-OH is 1. The van der Waals surface area contributed by atoms with Gasteiger partial charge in [-0.3, -0.25) is 19.6 Å². The first-order valence-corrected chi connectivity index (χ1v) is 20.8. The number of benzene rings is 3. The molecule has 2 fully saturated rings. The first-order valence-electron chi connectivity index (χ1n) is 20.8. The zero-order valence-corrected chi connectivity index (χ0v) is 35.1. The van der Waals surface area contributed by atoms with Gasteiger partial charge >= 0.3 is 5.97 Å². The number of alkyl halides is 2. The van der Waals surface area contributed by atoms with Crippen molar-refractivity contribution in [1.82, 2.24) is 34.5 Å². The minimum atomic E-state index is -2.90. The quantitative estimate of drug-likeness (QED) is 0.0966. The van der Waals surface area contributed by atoms with E-state index in [2.05, 4.69) is 30.1 Å². The van der Waals surface area contributed by atoms with Gasteiger partial charge < -0.3 is 25.0 Å². The average molecular weight is 835 g/mol. The Bertz CT molecular complexity index is 2530. The number of hydrogen-bond acceptors (Lipinski definition) is 11. The van der Waals surface area contributed by atoms with Crippen molar-refractivity contribution in [3.8, 4) is 28.3 Å². The smallest absolute Gasteiger partial charge is 0.306 e. The van der Waals surface area contributed by atoms with Gasteiger partial charge in [0.25, 0.3) is 6.43 Å². The van der Waals surface area contributed by atoms with Gasteiger partial charge in [-0.05, 0) is 106 Å². The minimum Gasteiger partial charge on any atom is -0.496 e. The molecule has 3 aromatic heterocycles. The van der Waals surface area contributed by atoms with E-state index in [1.165, 1.54) is 0 Å². The molecule has 0 amide bonds. The molecule has 6 aromatic rings. The summed E-state index contributed by atoms with van der Waals surface area (Å²) in [5.74, 6) is -0.153. The number of aromatic nitrogens is 5. The fourth-order valence-electron chi connectivity index (χ4n) is 9.26. The Morgan fingerprint density at radius 1 is 0.918 bits per heavy atom. The van der Waals surface area contributed by atoms with Crippen LogP contribution in [-0.4, -0.2) is 97.2 Å². The van der Waals surface area contributed by atoms with Crippen molar-refractivity contribution >= 4 is 39.4 Å². The Kier molecular flexibility index (Phi) is 12.2. The standard InChI is InChI=1S/C46H52F2N8O5/c1-26-31(32-10-7-12-37-33(32)23-50-56(37)30-20-40(60-4)34(41(21-30)61-5)25-55(3)38-13-8-14-39(38)57)9-6-11-35(26)51-44-42-36(52-45(53-44)43(47)48)19-27(22-49-42)24-54(2)29-17-15-28(16-18-29)46(58)59/h6-7,9-12,19-23,28-29,38-39,43,57H,8,13-18,24-25H2,1-5H3,(H,58,59)(H,51,52,53)/t28?,29?,38-,39+/m1/s1. The third kappa shape index (κ3) is 8.46. The Labute approximate surface area is 353 Å². The summed E-state index contributed by atoms with van der Waals surface area (Å²) in [6.07, 6.45) is 5.86. The molecule has 2 aliphatic carbocycles. The molecule has 0 unspecified atom stereocenters. The number of aliphatic carboxylic acids is 1. The van der Waals surface area contributed by atoms with E-state index in [1.54, 1.807) is 26.5 Å². The number of methoxy groups -OCH3 is 2. The molecule has 15 heteroatoms. The highest BCUT2D eigenvalue weighted by Crippen LogP contribution is 2.39. The van der Waals surface area contributed by atoms with E-state index in [9.17, 15) is 23.8 Å². The van der Waals surface area contributed by atoms with Crippen molar-refractivity contribution in [2.24, 2.45) is 5.92 Å². The molecule has 61 heavy (non-hydrogen) atoms. The van der Waals surface area contributed by atoms with Crippen LogP contribution in [-0.2, 0) is 17.9 Å². The highest BCUT2D eigenvalue weighted by molar-refractivity contribution is 5.97. The number of nitrogens with zero attached hydrogens (tertiary/aromatic N) is 7. The molecule has 3 aromatic carbocycles. The van der Waals surface area contributed by atoms with Crippen molar-refractivity contribution in [3.63, 3.8) is 0 Å². The normalized spacial score (nSPS) is 19.4. The summed E-state index contributed by atoms with van der Waals surface area (Å²) in [5, 5.41) is 29.0. The number of fused-ring (bicyclic) bond motifs is 2. The van der Waals surface area contributed by atoms with Crippen LogP contribution in [0, 0.1) is 12.8 Å². The average Bonchev–Trinajstić information content (AvgIpc) is 3.90. The van der Waals surface area contributed by atoms with Crippen LogP contribution >= 0.6 is 0 Å². The molecular formula is C46H52F2N8O5. The highest BCUT2D eigenvalue weighted by atomic mass is 19.3. The van der Waals surface area contributed by atoms with Crippen LogP contribution in [0.1, 0.15) is 73.9 Å². The maximum atomic E-state index is 14.3. The van der Waals surface area contributed by atoms with Crippen LogP contribution in [0.15, 0.2) is 67.0 Å². The minimum absolute atomic E-state index is 0.0727. The summed E-state index contributed by atoms with van der Waals surface area (Å²) >= 11 is 0. The maximum Gasteiger partial charge on any atom is 0.306 e. The fraction of sp³-hybridized carbons (Fsp3) is 0.413. The molecular weight excluding hydrogens is 783 g/mol. The van der Waals surface area contributed by atoms with Crippen LogP contribution in [0.2, 0.25) is 0 Å². The van der Waals surface area contributed by atoms with Crippen LogP contribution in [0.4, 0.5) is 20.3 Å². The summed E-state index contributed by atoms with van der Waals surface area (Å²) in [5.41, 5.74) is 7.39. The monoisotopic (exact) mass is 834 g/mol. The van der Waals surface area contributed by atoms with Crippen molar-refractivity contribution < 1.29 is 33.3 Å². The Hall–Kier alpha value is -5.77. The van der Waals surface area contributed by atoms with E-state index < -0.39 is 18.2 Å². The molecule has 13 nitrogen and oxygen atoms in total. The lowest BCUT2D eigenvalue weighted by atomic mass is 9.85. The van der Waals surface area contributed by atoms with Gasteiger partial charge in [0.15, 0.2) is 11.6 Å². The number of pyridine rings is 1. The predicted molar refractivity (Wildman–Crippen MR) is 230 cm³/mol. The Morgan fingerprint density at radius 2 is 1.64 bits per heavy atom. The third-order valence-electron chi connectivity index (χ3n) is 12.7. The lowest BCUT2D eigenvalue weighted by Gasteiger charge is -2.33. The molecule has 3 N–H and O–H groups in total. The molecule has 8 rings (SSSR count). The number of carboxylic acids is 1. The van der Waals surface area contributed by atoms with E-state index in [0.717, 1.165) is 76.5 Å². The molecule has 0 spiro atoms. The number of rotatable bonds is 14. The molecule has 0 aliphatic heterocycles. The highest BCUT2D eigenvalue weighted by Gasteiger charge is 2.31. The van der Waals surface area contributed by atoms with Gasteiger partial charge in [-0.1, -0.05) is 24.3 Å². The molecule has 2 aliphatic rings. The summed E-state index contributed by atoms with van der Waals surface area (Å²) < 4.78 is 42.2. The largest absolute Gasteiger partial charge is 0.496 e. The Balaban J connectivity index is 1.08. The second kappa shape index (κ2) is 17.7. The van der Waals surface area contributed by atoms with Gasteiger partial charge in [-0.25, -0.2) is 23.4 Å². The number of hydrogen-bond donors (Lipinski definition) is 3. The van der Waals surface area contributed by atoms with Crippen LogP contribution < -0.4 is 14.8 Å². The van der Waals surface area contributed by atoms with Gasteiger partial charge in [-0.2, -0.15) is 5.10 Å². The van der Waals surface area contributed by atoms with E-state index in [4.69, 9.17) is 14.6 Å². The molecule has 2 saturated carbocycles. The van der Waals surface area contributed by atoms with Gasteiger partial charge in [0, 0.05) is 54.6 Å². The summed E-state index contributed by atoms with van der Waals surface area (Å²) in [6, 6.07) is 17.8. The van der Waals surface area contributed by atoms with Crippen LogP contribution in [0.5, 0.6) is 11.5 Å². The summed E-state index contributed by atoms with van der Waals surface area (Å²) in [7, 11) is 7.29. The van der Waals surface area contributed by atoms with Crippen molar-refractivity contribution in [2.45, 2.75) is 89.6 Å². The summed E-state index contributed by atoms with van der Waals surface area (Å²) in [6.45, 7) is 3.03. The number of halogens is 2. The number of likely N-dealkylation sites (N-methyl/N-ethyl adjacent to an activating group) is 1. The number of carboxylic acid groups (broad SMARTS) is 1. The number of anilines is 2. The second-order valence-electron chi connectivity index (χ2n) is 16.4.